The quantitative estimate of drug-likeness (QED) is 0.217. The van der Waals surface area contributed by atoms with Gasteiger partial charge in [0, 0.05) is 12.3 Å². The highest BCUT2D eigenvalue weighted by atomic mass is 31.3. The van der Waals surface area contributed by atoms with Crippen molar-refractivity contribution in [1.82, 2.24) is 9.55 Å². The fraction of sp³-hybridized carbons (Fsp3) is 0.600. The Bertz CT molecular complexity index is 1150. The number of nitrogens with one attached hydrogen (secondary N) is 1. The molecule has 1 aliphatic heterocycles. The molecule has 1 saturated carbocycles. The van der Waals surface area contributed by atoms with E-state index in [4.69, 9.17) is 19.4 Å². The molecule has 31 heavy (non-hydrogen) atoms. The van der Waals surface area contributed by atoms with Gasteiger partial charge in [0.2, 0.25) is 0 Å². The van der Waals surface area contributed by atoms with Crippen LogP contribution in [0.2, 0.25) is 0 Å². The van der Waals surface area contributed by atoms with Crippen LogP contribution in [-0.4, -0.2) is 64.4 Å². The number of halogens is 2. The molecule has 0 amide bonds. The van der Waals surface area contributed by atoms with Crippen molar-refractivity contribution in [2.24, 2.45) is 0 Å². The van der Waals surface area contributed by atoms with Crippen LogP contribution in [0, 0.1) is 0 Å². The molecule has 0 spiro atoms. The number of phosphoric acid groups is 3. The van der Waals surface area contributed by atoms with Gasteiger partial charge in [0.25, 0.3) is 5.56 Å². The highest BCUT2D eigenvalue weighted by Gasteiger charge is 2.90. The predicted molar refractivity (Wildman–Crippen MR) is 88.7 cm³/mol. The second kappa shape index (κ2) is 7.45. The maximum Gasteiger partial charge on any atom is 0.490 e. The Labute approximate surface area is 168 Å². The first-order valence-corrected chi connectivity index (χ1v) is 12.2. The molecule has 2 fully saturated rings. The van der Waals surface area contributed by atoms with E-state index in [1.165, 1.54) is 0 Å². The van der Waals surface area contributed by atoms with Gasteiger partial charge in [-0.25, -0.2) is 27.3 Å². The summed E-state index contributed by atoms with van der Waals surface area (Å²) in [6.45, 7) is -1.75. The van der Waals surface area contributed by atoms with Crippen molar-refractivity contribution in [3.05, 3.63) is 33.1 Å². The molecule has 1 aliphatic carbocycles. The van der Waals surface area contributed by atoms with Crippen molar-refractivity contribution in [3.63, 3.8) is 0 Å². The van der Waals surface area contributed by atoms with E-state index in [0.717, 1.165) is 12.3 Å². The zero-order valence-electron chi connectivity index (χ0n) is 14.5. The number of hydrogen-bond donors (Lipinski definition) is 6. The topological polar surface area (TPSA) is 244 Å². The van der Waals surface area contributed by atoms with Gasteiger partial charge in [-0.3, -0.25) is 18.9 Å². The van der Waals surface area contributed by atoms with E-state index in [1.807, 2.05) is 0 Å². The Balaban J connectivity index is 1.82. The molecule has 21 heteroatoms. The van der Waals surface area contributed by atoms with Crippen molar-refractivity contribution in [3.8, 4) is 0 Å². The van der Waals surface area contributed by atoms with E-state index in [2.05, 4.69) is 13.1 Å². The Hall–Kier alpha value is -1.13. The molecule has 2 heterocycles. The average molecular weight is 516 g/mol. The van der Waals surface area contributed by atoms with E-state index in [-0.39, 0.29) is 0 Å². The molecule has 1 saturated heterocycles. The van der Waals surface area contributed by atoms with Crippen LogP contribution in [0.4, 0.5) is 8.78 Å². The molecule has 1 aromatic heterocycles. The average Bonchev–Trinajstić information content (AvgIpc) is 2.95. The maximum atomic E-state index is 14.9. The molecule has 1 aromatic rings. The molecule has 0 radical (unpaired) electrons. The highest BCUT2D eigenvalue weighted by Crippen LogP contribution is 2.72. The third kappa shape index (κ3) is 4.27. The molecule has 176 valence electrons. The number of hydrogen-bond acceptors (Lipinski definition) is 10. The number of nitrogens with zero attached hydrogens (tertiary/aromatic N) is 1. The van der Waals surface area contributed by atoms with Gasteiger partial charge >= 0.3 is 29.2 Å². The summed E-state index contributed by atoms with van der Waals surface area (Å²) in [5.41, 5.74) is -7.74. The number of aromatic amines is 1. The van der Waals surface area contributed by atoms with Crippen LogP contribution < -0.4 is 11.2 Å². The number of rotatable bonds is 8. The number of alkyl halides is 2. The fourth-order valence-electron chi connectivity index (χ4n) is 3.14. The summed E-state index contributed by atoms with van der Waals surface area (Å²) in [5.74, 6) is 0. The third-order valence-corrected chi connectivity index (χ3v) is 8.20. The summed E-state index contributed by atoms with van der Waals surface area (Å²) in [5, 5.41) is 10.4. The summed E-state index contributed by atoms with van der Waals surface area (Å²) in [4.78, 5) is 60.2. The highest BCUT2D eigenvalue weighted by molar-refractivity contribution is 7.66. The van der Waals surface area contributed by atoms with Crippen molar-refractivity contribution in [2.45, 2.75) is 29.7 Å². The minimum atomic E-state index is -5.92. The molecule has 0 bridgehead atoms. The summed E-state index contributed by atoms with van der Waals surface area (Å²) in [6, 6.07) is 0.789. The van der Waals surface area contributed by atoms with Crippen LogP contribution in [0.15, 0.2) is 21.9 Å². The number of aromatic nitrogens is 2. The van der Waals surface area contributed by atoms with E-state index < -0.39 is 71.1 Å². The standard InChI is InChI=1S/C10H13F2N2O14P3/c11-3-9-7(26-30(21,22)28-31(23,24)27-29(18,19)20)10(9,17)5(12)6(25-9)14-2-1-4(15)13-8(14)16/h1-2,5-7,17H,3H2,(H,21,22)(H,23,24)(H,13,15,16)(H2,18,19,20)/t5-,6+,7?,9+,10+/m0/s1. The molecule has 3 rings (SSSR count). The second-order valence-corrected chi connectivity index (χ2v) is 10.7. The minimum absolute atomic E-state index is 0.454. The summed E-state index contributed by atoms with van der Waals surface area (Å²) < 4.78 is 79.0. The number of phosphoric ester groups is 1. The van der Waals surface area contributed by atoms with Gasteiger partial charge in [-0.1, -0.05) is 0 Å². The summed E-state index contributed by atoms with van der Waals surface area (Å²) in [6.07, 6.45) is -6.26. The second-order valence-electron chi connectivity index (χ2n) is 6.35. The van der Waals surface area contributed by atoms with Crippen LogP contribution in [0.5, 0.6) is 0 Å². The molecule has 16 nitrogen and oxygen atoms in total. The number of fused-ring (bicyclic) bond motifs is 1. The van der Waals surface area contributed by atoms with Crippen LogP contribution in [-0.2, 0) is 31.6 Å². The Morgan fingerprint density at radius 1 is 1.16 bits per heavy atom. The normalized spacial score (nSPS) is 36.4. The minimum Gasteiger partial charge on any atom is -0.381 e. The molecule has 0 aromatic carbocycles. The molecule has 2 aliphatic rings. The first-order valence-electron chi connectivity index (χ1n) is 7.72. The number of H-pyrrole nitrogens is 1. The van der Waals surface area contributed by atoms with Gasteiger partial charge in [-0.05, 0) is 0 Å². The van der Waals surface area contributed by atoms with E-state index in [9.17, 15) is 42.1 Å². The van der Waals surface area contributed by atoms with Crippen LogP contribution in [0.3, 0.4) is 0 Å². The van der Waals surface area contributed by atoms with Crippen molar-refractivity contribution >= 4 is 23.5 Å². The SMILES string of the molecule is O=c1ccn([C@@H]2O[C@]3(CF)C(OP(=O)(O)OP(=O)(O)OP(=O)(O)O)[C@]3(O)[C@H]2F)c(=O)[nH]1. The van der Waals surface area contributed by atoms with Gasteiger partial charge in [0.1, 0.15) is 12.8 Å². The molecular formula is C10H13F2N2O14P3. The summed E-state index contributed by atoms with van der Waals surface area (Å²) in [7, 11) is -17.5. The first-order chi connectivity index (χ1) is 14.0. The van der Waals surface area contributed by atoms with Crippen LogP contribution in [0.25, 0.3) is 0 Å². The van der Waals surface area contributed by atoms with Gasteiger partial charge in [-0.2, -0.15) is 8.62 Å². The molecule has 6 N–H and O–H groups in total. The van der Waals surface area contributed by atoms with Gasteiger partial charge in [0.05, 0.1) is 0 Å². The lowest BCUT2D eigenvalue weighted by Crippen LogP contribution is -2.40. The van der Waals surface area contributed by atoms with Crippen LogP contribution in [0.1, 0.15) is 6.23 Å². The van der Waals surface area contributed by atoms with Crippen molar-refractivity contribution < 1.29 is 65.0 Å². The van der Waals surface area contributed by atoms with Gasteiger partial charge in [-0.15, -0.1) is 0 Å². The zero-order chi connectivity index (χ0) is 23.6. The molecule has 3 unspecified atom stereocenters. The maximum absolute atomic E-state index is 14.9. The Morgan fingerprint density at radius 2 is 1.77 bits per heavy atom. The monoisotopic (exact) mass is 516 g/mol. The summed E-state index contributed by atoms with van der Waals surface area (Å²) >= 11 is 0. The Kier molecular flexibility index (Phi) is 5.89. The Morgan fingerprint density at radius 3 is 2.26 bits per heavy atom. The lowest BCUT2D eigenvalue weighted by molar-refractivity contribution is -0.0971. The lowest BCUT2D eigenvalue weighted by atomic mass is 10.1. The van der Waals surface area contributed by atoms with Crippen molar-refractivity contribution in [2.75, 3.05) is 6.67 Å². The number of ether oxygens (including phenoxy) is 1. The number of aliphatic hydroxyl groups is 1. The third-order valence-electron chi connectivity index (χ3n) is 4.40. The lowest BCUT2D eigenvalue weighted by Gasteiger charge is -2.24. The largest absolute Gasteiger partial charge is 0.490 e. The van der Waals surface area contributed by atoms with E-state index >= 15 is 0 Å². The fourth-order valence-corrected chi connectivity index (χ4v) is 6.40. The van der Waals surface area contributed by atoms with E-state index in [0.29, 0.717) is 4.57 Å². The van der Waals surface area contributed by atoms with Gasteiger partial charge in [0.15, 0.2) is 23.6 Å². The smallest absolute Gasteiger partial charge is 0.381 e. The van der Waals surface area contributed by atoms with E-state index in [1.54, 1.807) is 4.98 Å². The molecule has 7 atom stereocenters. The predicted octanol–water partition coefficient (Wildman–Crippen LogP) is -1.43. The zero-order valence-corrected chi connectivity index (χ0v) is 17.2. The molecular weight excluding hydrogens is 503 g/mol. The van der Waals surface area contributed by atoms with Gasteiger partial charge < -0.3 is 29.4 Å². The van der Waals surface area contributed by atoms with Crippen molar-refractivity contribution in [1.29, 1.82) is 0 Å². The van der Waals surface area contributed by atoms with Crippen LogP contribution >= 0.6 is 23.5 Å². The first kappa shape index (κ1) is 24.5.